The van der Waals surface area contributed by atoms with Crippen LogP contribution in [0.4, 0.5) is 0 Å². The number of halogens is 2. The molecule has 3 N–H and O–H groups in total. The zero-order chi connectivity index (χ0) is 23.5. The van der Waals surface area contributed by atoms with E-state index in [1.807, 2.05) is 0 Å². The summed E-state index contributed by atoms with van der Waals surface area (Å²) in [6.07, 6.45) is 2.59. The maximum Gasteiger partial charge on any atom is 0.272 e. The van der Waals surface area contributed by atoms with Crippen LogP contribution in [0, 0.1) is 0 Å². The number of ether oxygens (including phenoxy) is 1. The van der Waals surface area contributed by atoms with Crippen LogP contribution >= 0.6 is 23.2 Å². The minimum Gasteiger partial charge on any atom is -0.497 e. The lowest BCUT2D eigenvalue weighted by molar-refractivity contribution is 0.0712. The highest BCUT2D eigenvalue weighted by molar-refractivity contribution is 6.36. The summed E-state index contributed by atoms with van der Waals surface area (Å²) in [4.78, 5) is 17.8. The van der Waals surface area contributed by atoms with Gasteiger partial charge in [0.15, 0.2) is 5.69 Å². The average Bonchev–Trinajstić information content (AvgIpc) is 3.20. The third-order valence-electron chi connectivity index (χ3n) is 5.89. The smallest absolute Gasteiger partial charge is 0.272 e. The van der Waals surface area contributed by atoms with Crippen molar-refractivity contribution in [1.29, 1.82) is 0 Å². The SMILES string of the molecule is COc1ccc(-n2c(-c3ccc(Cl)cc3Cl)nc(C(=O)NC3CCCCC3O)c2CO)cc1. The number of nitrogens with zero attached hydrogens (tertiary/aromatic N) is 2. The van der Waals surface area contributed by atoms with E-state index < -0.39 is 18.6 Å². The molecule has 1 heterocycles. The number of carbonyl (C=O) groups is 1. The lowest BCUT2D eigenvalue weighted by Gasteiger charge is -2.28. The zero-order valence-corrected chi connectivity index (χ0v) is 19.6. The van der Waals surface area contributed by atoms with Crippen molar-refractivity contribution >= 4 is 29.1 Å². The van der Waals surface area contributed by atoms with Gasteiger partial charge in [0.25, 0.3) is 5.91 Å². The molecule has 1 aliphatic carbocycles. The molecule has 9 heteroatoms. The summed E-state index contributed by atoms with van der Waals surface area (Å²) in [5.74, 6) is 0.601. The summed E-state index contributed by atoms with van der Waals surface area (Å²) < 4.78 is 6.94. The van der Waals surface area contributed by atoms with Gasteiger partial charge in [0.2, 0.25) is 0 Å². The second kappa shape index (κ2) is 10.1. The topological polar surface area (TPSA) is 96.6 Å². The molecule has 2 atom stereocenters. The van der Waals surface area contributed by atoms with Gasteiger partial charge in [-0.1, -0.05) is 36.0 Å². The van der Waals surface area contributed by atoms with Crippen molar-refractivity contribution in [2.24, 2.45) is 0 Å². The summed E-state index contributed by atoms with van der Waals surface area (Å²) in [5.41, 5.74) is 1.62. The first-order valence-corrected chi connectivity index (χ1v) is 11.5. The summed E-state index contributed by atoms with van der Waals surface area (Å²) in [7, 11) is 1.58. The Bertz CT molecular complexity index is 1150. The molecule has 1 fully saturated rings. The Morgan fingerprint density at radius 1 is 1.18 bits per heavy atom. The number of aromatic nitrogens is 2. The summed E-state index contributed by atoms with van der Waals surface area (Å²) in [6, 6.07) is 11.8. The van der Waals surface area contributed by atoms with Gasteiger partial charge in [-0.3, -0.25) is 9.36 Å². The van der Waals surface area contributed by atoms with Gasteiger partial charge in [-0.15, -0.1) is 0 Å². The van der Waals surface area contributed by atoms with Gasteiger partial charge in [-0.25, -0.2) is 4.98 Å². The fourth-order valence-corrected chi connectivity index (χ4v) is 4.65. The molecular weight excluding hydrogens is 465 g/mol. The van der Waals surface area contributed by atoms with E-state index in [0.29, 0.717) is 51.4 Å². The van der Waals surface area contributed by atoms with E-state index in [4.69, 9.17) is 27.9 Å². The van der Waals surface area contributed by atoms with Crippen LogP contribution in [0.15, 0.2) is 42.5 Å². The number of aliphatic hydroxyl groups excluding tert-OH is 2. The number of rotatable bonds is 6. The maximum atomic E-state index is 13.2. The Balaban J connectivity index is 1.83. The summed E-state index contributed by atoms with van der Waals surface area (Å²) in [5, 5.41) is 24.3. The molecule has 3 aromatic rings. The zero-order valence-electron chi connectivity index (χ0n) is 18.1. The largest absolute Gasteiger partial charge is 0.497 e. The molecular formula is C24H25Cl2N3O4. The molecule has 4 rings (SSSR count). The van der Waals surface area contributed by atoms with Crippen LogP contribution in [0.2, 0.25) is 10.0 Å². The molecule has 1 amide bonds. The molecule has 7 nitrogen and oxygen atoms in total. The second-order valence-electron chi connectivity index (χ2n) is 7.98. The molecule has 1 aromatic heterocycles. The first kappa shape index (κ1) is 23.6. The normalized spacial score (nSPS) is 18.2. The number of aliphatic hydroxyl groups is 2. The quantitative estimate of drug-likeness (QED) is 0.477. The number of amides is 1. The van der Waals surface area contributed by atoms with E-state index in [9.17, 15) is 15.0 Å². The lowest BCUT2D eigenvalue weighted by Crippen LogP contribution is -2.45. The molecule has 0 radical (unpaired) electrons. The molecule has 0 bridgehead atoms. The molecule has 174 valence electrons. The minimum absolute atomic E-state index is 0.0760. The predicted molar refractivity (Wildman–Crippen MR) is 127 cm³/mol. The number of nitrogens with one attached hydrogen (secondary N) is 1. The van der Waals surface area contributed by atoms with Crippen molar-refractivity contribution < 1.29 is 19.7 Å². The van der Waals surface area contributed by atoms with Gasteiger partial charge in [-0.05, 0) is 55.3 Å². The third kappa shape index (κ3) is 4.87. The van der Waals surface area contributed by atoms with Gasteiger partial charge < -0.3 is 20.3 Å². The number of carbonyl (C=O) groups excluding carboxylic acids is 1. The second-order valence-corrected chi connectivity index (χ2v) is 8.82. The van der Waals surface area contributed by atoms with E-state index in [0.717, 1.165) is 12.8 Å². The van der Waals surface area contributed by atoms with E-state index in [-0.39, 0.29) is 11.7 Å². The van der Waals surface area contributed by atoms with Crippen LogP contribution < -0.4 is 10.1 Å². The highest BCUT2D eigenvalue weighted by Gasteiger charge is 2.29. The molecule has 1 aliphatic rings. The first-order chi connectivity index (χ1) is 15.9. The van der Waals surface area contributed by atoms with Crippen molar-refractivity contribution in [3.05, 3.63) is 63.9 Å². The number of imidazole rings is 1. The van der Waals surface area contributed by atoms with Crippen LogP contribution in [-0.4, -0.2) is 44.9 Å². The fraction of sp³-hybridized carbons (Fsp3) is 0.333. The molecule has 2 aromatic carbocycles. The minimum atomic E-state index is -0.603. The van der Waals surface area contributed by atoms with Crippen LogP contribution in [0.1, 0.15) is 41.9 Å². The standard InChI is InChI=1S/C24H25Cl2N3O4/c1-33-16-9-7-15(8-10-16)29-20(13-30)22(24(32)27-19-4-2-3-5-21(19)31)28-23(29)17-11-6-14(25)12-18(17)26/h6-12,19,21,30-31H,2-5,13H2,1H3,(H,27,32). The predicted octanol–water partition coefficient (Wildman–Crippen LogP) is 4.38. The summed E-state index contributed by atoms with van der Waals surface area (Å²) in [6.45, 7) is -0.430. The number of hydrogen-bond acceptors (Lipinski definition) is 5. The highest BCUT2D eigenvalue weighted by atomic mass is 35.5. The Labute approximate surface area is 201 Å². The molecule has 33 heavy (non-hydrogen) atoms. The molecule has 2 unspecified atom stereocenters. The number of benzene rings is 2. The molecule has 0 spiro atoms. The van der Waals surface area contributed by atoms with Crippen LogP contribution in [-0.2, 0) is 6.61 Å². The van der Waals surface area contributed by atoms with Crippen LogP contribution in [0.3, 0.4) is 0 Å². The van der Waals surface area contributed by atoms with Crippen molar-refractivity contribution in [3.8, 4) is 22.8 Å². The molecule has 1 saturated carbocycles. The fourth-order valence-electron chi connectivity index (χ4n) is 4.16. The van der Waals surface area contributed by atoms with E-state index in [1.54, 1.807) is 54.1 Å². The third-order valence-corrected chi connectivity index (χ3v) is 6.43. The monoisotopic (exact) mass is 489 g/mol. The Morgan fingerprint density at radius 2 is 1.91 bits per heavy atom. The lowest BCUT2D eigenvalue weighted by atomic mass is 9.92. The highest BCUT2D eigenvalue weighted by Crippen LogP contribution is 2.34. The van der Waals surface area contributed by atoms with Gasteiger partial charge in [0, 0.05) is 16.3 Å². The van der Waals surface area contributed by atoms with Gasteiger partial charge >= 0.3 is 0 Å². The van der Waals surface area contributed by atoms with E-state index >= 15 is 0 Å². The number of hydrogen-bond donors (Lipinski definition) is 3. The average molecular weight is 490 g/mol. The van der Waals surface area contributed by atoms with E-state index in [1.165, 1.54) is 0 Å². The summed E-state index contributed by atoms with van der Waals surface area (Å²) >= 11 is 12.6. The number of methoxy groups -OCH3 is 1. The van der Waals surface area contributed by atoms with Crippen LogP contribution in [0.5, 0.6) is 5.75 Å². The van der Waals surface area contributed by atoms with Crippen molar-refractivity contribution in [2.75, 3.05) is 7.11 Å². The first-order valence-electron chi connectivity index (χ1n) is 10.7. The molecule has 0 aliphatic heterocycles. The maximum absolute atomic E-state index is 13.2. The van der Waals surface area contributed by atoms with Gasteiger partial charge in [-0.2, -0.15) is 0 Å². The Kier molecular flexibility index (Phi) is 7.24. The van der Waals surface area contributed by atoms with Gasteiger partial charge in [0.05, 0.1) is 36.6 Å². The molecule has 0 saturated heterocycles. The van der Waals surface area contributed by atoms with Crippen molar-refractivity contribution in [3.63, 3.8) is 0 Å². The van der Waals surface area contributed by atoms with Gasteiger partial charge in [0.1, 0.15) is 11.6 Å². The van der Waals surface area contributed by atoms with Crippen molar-refractivity contribution in [1.82, 2.24) is 14.9 Å². The van der Waals surface area contributed by atoms with Crippen LogP contribution in [0.25, 0.3) is 17.1 Å². The Hall–Kier alpha value is -2.58. The Morgan fingerprint density at radius 3 is 2.55 bits per heavy atom. The van der Waals surface area contributed by atoms with E-state index in [2.05, 4.69) is 10.3 Å². The van der Waals surface area contributed by atoms with Crippen molar-refractivity contribution in [2.45, 2.75) is 44.4 Å².